The second-order valence-corrected chi connectivity index (χ2v) is 7.72. The molecule has 6 nitrogen and oxygen atoms in total. The third-order valence-electron chi connectivity index (χ3n) is 4.74. The van der Waals surface area contributed by atoms with Gasteiger partial charge in [-0.3, -0.25) is 4.79 Å². The molecule has 1 aromatic carbocycles. The second kappa shape index (κ2) is 7.76. The lowest BCUT2D eigenvalue weighted by molar-refractivity contribution is 0.1000. The van der Waals surface area contributed by atoms with Crippen LogP contribution in [0.5, 0.6) is 0 Å². The molecule has 0 atom stereocenters. The summed E-state index contributed by atoms with van der Waals surface area (Å²) in [6, 6.07) is 5.90. The van der Waals surface area contributed by atoms with E-state index < -0.39 is 0 Å². The van der Waals surface area contributed by atoms with Crippen LogP contribution in [0.15, 0.2) is 23.0 Å². The fourth-order valence-corrected chi connectivity index (χ4v) is 4.36. The summed E-state index contributed by atoms with van der Waals surface area (Å²) in [6.45, 7) is 4.91. The maximum absolute atomic E-state index is 12.4. The molecule has 0 aliphatic carbocycles. The molecule has 1 aromatic heterocycles. The van der Waals surface area contributed by atoms with E-state index in [-0.39, 0.29) is 5.56 Å². The maximum Gasteiger partial charge on any atom is 0.258 e. The average molecular weight is 361 g/mol. The second-order valence-electron chi connectivity index (χ2n) is 6.44. The quantitative estimate of drug-likeness (QED) is 0.900. The molecular formula is C18H23N3O3S. The smallest absolute Gasteiger partial charge is 0.258 e. The van der Waals surface area contributed by atoms with E-state index in [9.17, 15) is 4.79 Å². The number of nitrogens with zero attached hydrogens (tertiary/aromatic N) is 2. The Morgan fingerprint density at radius 1 is 1.16 bits per heavy atom. The standard InChI is InChI=1S/C18H23N3O3S/c22-18-15-2-1-13(21-5-9-24-10-6-21)11-16(15)19-17(20-18)12-25-14-3-7-23-8-4-14/h1-2,11,14H,3-10,12H2,(H,19,20,22). The zero-order chi connectivity index (χ0) is 17.1. The van der Waals surface area contributed by atoms with Gasteiger partial charge in [0.2, 0.25) is 0 Å². The predicted octanol–water partition coefficient (Wildman–Crippen LogP) is 2.17. The van der Waals surface area contributed by atoms with Crippen LogP contribution in [0.4, 0.5) is 5.69 Å². The predicted molar refractivity (Wildman–Crippen MR) is 101 cm³/mol. The van der Waals surface area contributed by atoms with Crippen LogP contribution in [0.2, 0.25) is 0 Å². The SMILES string of the molecule is O=c1[nH]c(CSC2CCOCC2)nc2cc(N3CCOCC3)ccc12. The molecule has 2 fully saturated rings. The molecule has 0 radical (unpaired) electrons. The highest BCUT2D eigenvalue weighted by Crippen LogP contribution is 2.25. The third kappa shape index (κ3) is 3.99. The van der Waals surface area contributed by atoms with Crippen LogP contribution in [0.25, 0.3) is 10.9 Å². The summed E-state index contributed by atoms with van der Waals surface area (Å²) in [5.74, 6) is 1.49. The van der Waals surface area contributed by atoms with Crippen molar-refractivity contribution in [3.05, 3.63) is 34.4 Å². The molecule has 0 spiro atoms. The lowest BCUT2D eigenvalue weighted by Gasteiger charge is -2.28. The van der Waals surface area contributed by atoms with E-state index in [2.05, 4.69) is 9.88 Å². The number of benzene rings is 1. The van der Waals surface area contributed by atoms with Crippen molar-refractivity contribution in [2.45, 2.75) is 23.8 Å². The number of ether oxygens (including phenoxy) is 2. The van der Waals surface area contributed by atoms with Crippen LogP contribution in [-0.2, 0) is 15.2 Å². The molecular weight excluding hydrogens is 338 g/mol. The summed E-state index contributed by atoms with van der Waals surface area (Å²) >= 11 is 1.86. The Kier molecular flexibility index (Phi) is 5.24. The van der Waals surface area contributed by atoms with Crippen LogP contribution in [0, 0.1) is 0 Å². The van der Waals surface area contributed by atoms with E-state index in [0.717, 1.165) is 75.1 Å². The molecule has 134 valence electrons. The first-order valence-electron chi connectivity index (χ1n) is 8.84. The minimum Gasteiger partial charge on any atom is -0.381 e. The number of aromatic amines is 1. The summed E-state index contributed by atoms with van der Waals surface area (Å²) < 4.78 is 10.8. The summed E-state index contributed by atoms with van der Waals surface area (Å²) in [5, 5.41) is 1.24. The summed E-state index contributed by atoms with van der Waals surface area (Å²) in [5.41, 5.74) is 1.83. The van der Waals surface area contributed by atoms with E-state index in [0.29, 0.717) is 10.6 Å². The van der Waals surface area contributed by atoms with Crippen LogP contribution in [0.3, 0.4) is 0 Å². The number of aromatic nitrogens is 2. The highest BCUT2D eigenvalue weighted by molar-refractivity contribution is 7.99. The number of hydrogen-bond donors (Lipinski definition) is 1. The van der Waals surface area contributed by atoms with Crippen LogP contribution in [0.1, 0.15) is 18.7 Å². The topological polar surface area (TPSA) is 67.5 Å². The summed E-state index contributed by atoms with van der Waals surface area (Å²) in [4.78, 5) is 22.3. The normalized spacial score (nSPS) is 19.4. The van der Waals surface area contributed by atoms with Crippen molar-refractivity contribution in [3.63, 3.8) is 0 Å². The van der Waals surface area contributed by atoms with Crippen molar-refractivity contribution in [1.82, 2.24) is 9.97 Å². The number of anilines is 1. The third-order valence-corrected chi connectivity index (χ3v) is 6.12. The molecule has 0 saturated carbocycles. The lowest BCUT2D eigenvalue weighted by Crippen LogP contribution is -2.36. The Balaban J connectivity index is 1.54. The van der Waals surface area contributed by atoms with E-state index in [1.165, 1.54) is 0 Å². The summed E-state index contributed by atoms with van der Waals surface area (Å²) in [6.07, 6.45) is 2.15. The van der Waals surface area contributed by atoms with E-state index >= 15 is 0 Å². The minimum atomic E-state index is -0.0545. The van der Waals surface area contributed by atoms with Gasteiger partial charge in [0.25, 0.3) is 5.56 Å². The van der Waals surface area contributed by atoms with Gasteiger partial charge in [-0.25, -0.2) is 4.98 Å². The van der Waals surface area contributed by atoms with E-state index in [1.807, 2.05) is 30.0 Å². The van der Waals surface area contributed by atoms with Crippen molar-refractivity contribution in [2.24, 2.45) is 0 Å². The van der Waals surface area contributed by atoms with Crippen LogP contribution < -0.4 is 10.5 Å². The lowest BCUT2D eigenvalue weighted by atomic mass is 10.2. The van der Waals surface area contributed by atoms with Crippen molar-refractivity contribution in [1.29, 1.82) is 0 Å². The first-order chi connectivity index (χ1) is 12.3. The molecule has 0 unspecified atom stereocenters. The molecule has 2 aliphatic rings. The zero-order valence-electron chi connectivity index (χ0n) is 14.2. The Bertz CT molecular complexity index is 783. The Hall–Kier alpha value is -1.57. The van der Waals surface area contributed by atoms with Gasteiger partial charge >= 0.3 is 0 Å². The van der Waals surface area contributed by atoms with Gasteiger partial charge in [-0.15, -0.1) is 0 Å². The van der Waals surface area contributed by atoms with Gasteiger partial charge < -0.3 is 19.4 Å². The molecule has 7 heteroatoms. The van der Waals surface area contributed by atoms with Gasteiger partial charge in [0.15, 0.2) is 0 Å². The molecule has 2 aliphatic heterocycles. The van der Waals surface area contributed by atoms with Gasteiger partial charge in [0.05, 0.1) is 29.9 Å². The fraction of sp³-hybridized carbons (Fsp3) is 0.556. The molecule has 25 heavy (non-hydrogen) atoms. The number of thioether (sulfide) groups is 1. The van der Waals surface area contributed by atoms with Crippen molar-refractivity contribution in [3.8, 4) is 0 Å². The van der Waals surface area contributed by atoms with E-state index in [4.69, 9.17) is 14.5 Å². The fourth-order valence-electron chi connectivity index (χ4n) is 3.30. The number of morpholine rings is 1. The molecule has 0 bridgehead atoms. The molecule has 2 saturated heterocycles. The maximum atomic E-state index is 12.4. The molecule has 0 amide bonds. The van der Waals surface area contributed by atoms with Gasteiger partial charge in [-0.05, 0) is 31.0 Å². The molecule has 2 aromatic rings. The van der Waals surface area contributed by atoms with Crippen molar-refractivity contribution in [2.75, 3.05) is 44.4 Å². The highest BCUT2D eigenvalue weighted by Gasteiger charge is 2.16. The van der Waals surface area contributed by atoms with Gasteiger partial charge in [0.1, 0.15) is 5.82 Å². The molecule has 1 N–H and O–H groups in total. The monoisotopic (exact) mass is 361 g/mol. The van der Waals surface area contributed by atoms with Crippen molar-refractivity contribution < 1.29 is 9.47 Å². The number of rotatable bonds is 4. The number of nitrogens with one attached hydrogen (secondary N) is 1. The van der Waals surface area contributed by atoms with Gasteiger partial charge in [-0.2, -0.15) is 11.8 Å². The zero-order valence-corrected chi connectivity index (χ0v) is 15.0. The molecule has 3 heterocycles. The number of fused-ring (bicyclic) bond motifs is 1. The number of hydrogen-bond acceptors (Lipinski definition) is 6. The Labute approximate surface area is 150 Å². The first-order valence-corrected chi connectivity index (χ1v) is 9.89. The van der Waals surface area contributed by atoms with Gasteiger partial charge in [-0.1, -0.05) is 0 Å². The average Bonchev–Trinajstić information content (AvgIpc) is 2.67. The van der Waals surface area contributed by atoms with E-state index in [1.54, 1.807) is 0 Å². The first kappa shape index (κ1) is 16.9. The summed E-state index contributed by atoms with van der Waals surface area (Å²) in [7, 11) is 0. The number of H-pyrrole nitrogens is 1. The Morgan fingerprint density at radius 3 is 2.72 bits per heavy atom. The van der Waals surface area contributed by atoms with Gasteiger partial charge in [0, 0.05) is 37.2 Å². The van der Waals surface area contributed by atoms with Crippen LogP contribution in [-0.4, -0.2) is 54.7 Å². The van der Waals surface area contributed by atoms with Crippen molar-refractivity contribution >= 4 is 28.4 Å². The molecule has 4 rings (SSSR count). The van der Waals surface area contributed by atoms with Crippen LogP contribution >= 0.6 is 11.8 Å². The Morgan fingerprint density at radius 2 is 1.92 bits per heavy atom. The highest BCUT2D eigenvalue weighted by atomic mass is 32.2. The minimum absolute atomic E-state index is 0.0545. The largest absolute Gasteiger partial charge is 0.381 e.